The monoisotopic (exact) mass is 352 g/mol. The zero-order valence-corrected chi connectivity index (χ0v) is 17.6. The van der Waals surface area contributed by atoms with Gasteiger partial charge in [0.05, 0.1) is 22.7 Å². The maximum absolute atomic E-state index is 6.74. The van der Waals surface area contributed by atoms with Crippen molar-refractivity contribution in [3.05, 3.63) is 30.3 Å². The van der Waals surface area contributed by atoms with E-state index in [2.05, 4.69) is 57.3 Å². The maximum atomic E-state index is 6.74. The molecule has 1 aliphatic rings. The lowest BCUT2D eigenvalue weighted by Crippen LogP contribution is -2.49. The fourth-order valence-electron chi connectivity index (χ4n) is 2.96. The summed E-state index contributed by atoms with van der Waals surface area (Å²) >= 11 is 0. The second kappa shape index (κ2) is 8.58. The van der Waals surface area contributed by atoms with E-state index in [0.29, 0.717) is 6.10 Å². The van der Waals surface area contributed by atoms with Gasteiger partial charge in [0.25, 0.3) is 0 Å². The van der Waals surface area contributed by atoms with Crippen LogP contribution in [-0.4, -0.2) is 49.0 Å². The summed E-state index contributed by atoms with van der Waals surface area (Å²) in [5.41, 5.74) is 0. The molecule has 0 aromatic heterocycles. The van der Waals surface area contributed by atoms with E-state index in [4.69, 9.17) is 13.9 Å². The quantitative estimate of drug-likeness (QED) is 0.348. The van der Waals surface area contributed by atoms with Crippen molar-refractivity contribution in [3.8, 4) is 0 Å². The van der Waals surface area contributed by atoms with Gasteiger partial charge in [-0.3, -0.25) is 0 Å². The third-order valence-corrected chi connectivity index (χ3v) is 9.63. The molecule has 0 N–H and O–H groups in total. The lowest BCUT2D eigenvalue weighted by molar-refractivity contribution is 0.114. The van der Waals surface area contributed by atoms with Gasteiger partial charge < -0.3 is 13.9 Å². The number of ether oxygens (including phenoxy) is 2. The minimum atomic E-state index is -1.65. The molecule has 1 aliphatic heterocycles. The molecule has 23 heavy (non-hydrogen) atoms. The SMILES string of the molecule is CC[C@](C)(O[Si](C)(C)CCCOCC1CO1)[SiH2]c1ccccc1. The second-order valence-electron chi connectivity index (χ2n) is 7.46. The van der Waals surface area contributed by atoms with Gasteiger partial charge in [0.2, 0.25) is 0 Å². The van der Waals surface area contributed by atoms with Gasteiger partial charge in [0.1, 0.15) is 6.10 Å². The van der Waals surface area contributed by atoms with Crippen molar-refractivity contribution in [2.75, 3.05) is 19.8 Å². The summed E-state index contributed by atoms with van der Waals surface area (Å²) in [6.45, 7) is 11.8. The molecule has 0 aliphatic carbocycles. The maximum Gasteiger partial charge on any atom is 0.187 e. The van der Waals surface area contributed by atoms with Gasteiger partial charge in [-0.25, -0.2) is 0 Å². The van der Waals surface area contributed by atoms with E-state index in [1.165, 1.54) is 5.19 Å². The highest BCUT2D eigenvalue weighted by atomic mass is 28.4. The number of rotatable bonds is 11. The van der Waals surface area contributed by atoms with Gasteiger partial charge in [0.15, 0.2) is 8.32 Å². The number of benzene rings is 1. The molecule has 0 radical (unpaired) electrons. The summed E-state index contributed by atoms with van der Waals surface area (Å²) in [4.78, 5) is 0. The van der Waals surface area contributed by atoms with Crippen molar-refractivity contribution in [2.24, 2.45) is 0 Å². The Morgan fingerprint density at radius 2 is 2.00 bits per heavy atom. The molecular weight excluding hydrogens is 320 g/mol. The van der Waals surface area contributed by atoms with E-state index < -0.39 is 17.8 Å². The molecule has 1 unspecified atom stereocenters. The Morgan fingerprint density at radius 3 is 2.61 bits per heavy atom. The van der Waals surface area contributed by atoms with E-state index in [-0.39, 0.29) is 5.22 Å². The Hall–Kier alpha value is -0.466. The number of hydrogen-bond acceptors (Lipinski definition) is 3. The molecule has 5 heteroatoms. The first kappa shape index (κ1) is 18.9. The highest BCUT2D eigenvalue weighted by Crippen LogP contribution is 2.24. The van der Waals surface area contributed by atoms with E-state index in [0.717, 1.165) is 38.7 Å². The Bertz CT molecular complexity index is 463. The molecule has 130 valence electrons. The molecule has 3 nitrogen and oxygen atoms in total. The Labute approximate surface area is 144 Å². The van der Waals surface area contributed by atoms with Gasteiger partial charge >= 0.3 is 0 Å². The van der Waals surface area contributed by atoms with Gasteiger partial charge in [-0.1, -0.05) is 42.4 Å². The fraction of sp³-hybridized carbons (Fsp3) is 0.667. The molecule has 2 rings (SSSR count). The van der Waals surface area contributed by atoms with Crippen LogP contribution in [0.25, 0.3) is 0 Å². The van der Waals surface area contributed by atoms with Crippen LogP contribution >= 0.6 is 0 Å². The topological polar surface area (TPSA) is 31.0 Å². The second-order valence-corrected chi connectivity index (χ2v) is 14.4. The Balaban J connectivity index is 1.77. The molecule has 0 bridgehead atoms. The van der Waals surface area contributed by atoms with Gasteiger partial charge in [0, 0.05) is 11.8 Å². The largest absolute Gasteiger partial charge is 0.415 e. The predicted octanol–water partition coefficient (Wildman–Crippen LogP) is 2.63. The summed E-state index contributed by atoms with van der Waals surface area (Å²) in [7, 11) is -2.10. The lowest BCUT2D eigenvalue weighted by atomic mass is 10.3. The third kappa shape index (κ3) is 7.31. The fourth-order valence-corrected chi connectivity index (χ4v) is 8.62. The van der Waals surface area contributed by atoms with Crippen LogP contribution < -0.4 is 5.19 Å². The normalized spacial score (nSPS) is 20.8. The first-order valence-corrected chi connectivity index (χ1v) is 13.4. The lowest BCUT2D eigenvalue weighted by Gasteiger charge is -2.37. The first-order valence-electron chi connectivity index (χ1n) is 8.86. The molecule has 2 atom stereocenters. The van der Waals surface area contributed by atoms with Crippen LogP contribution in [0.3, 0.4) is 0 Å². The molecule has 0 amide bonds. The van der Waals surface area contributed by atoms with Gasteiger partial charge in [-0.2, -0.15) is 0 Å². The highest BCUT2D eigenvalue weighted by molar-refractivity contribution is 6.72. The predicted molar refractivity (Wildman–Crippen MR) is 102 cm³/mol. The molecular formula is C18H32O3Si2. The summed E-state index contributed by atoms with van der Waals surface area (Å²) in [5, 5.41) is 1.56. The Morgan fingerprint density at radius 1 is 1.30 bits per heavy atom. The van der Waals surface area contributed by atoms with Crippen molar-refractivity contribution in [1.82, 2.24) is 0 Å². The van der Waals surface area contributed by atoms with Gasteiger partial charge in [-0.05, 0) is 38.9 Å². The van der Waals surface area contributed by atoms with E-state index >= 15 is 0 Å². The zero-order valence-electron chi connectivity index (χ0n) is 15.1. The summed E-state index contributed by atoms with van der Waals surface area (Å²) in [6, 6.07) is 12.0. The van der Waals surface area contributed by atoms with Crippen molar-refractivity contribution < 1.29 is 13.9 Å². The molecule has 1 aromatic carbocycles. The molecule has 1 heterocycles. The molecule has 1 aromatic rings. The van der Waals surface area contributed by atoms with Crippen molar-refractivity contribution >= 4 is 23.0 Å². The first-order chi connectivity index (χ1) is 10.9. The number of epoxide rings is 1. The van der Waals surface area contributed by atoms with Crippen molar-refractivity contribution in [1.29, 1.82) is 0 Å². The number of hydrogen-bond donors (Lipinski definition) is 0. The van der Waals surface area contributed by atoms with Crippen LogP contribution in [0.1, 0.15) is 26.7 Å². The molecule has 1 fully saturated rings. The summed E-state index contributed by atoms with van der Waals surface area (Å²) < 4.78 is 17.6. The average molecular weight is 353 g/mol. The van der Waals surface area contributed by atoms with Crippen LogP contribution in [0.15, 0.2) is 30.3 Å². The van der Waals surface area contributed by atoms with Crippen molar-refractivity contribution in [2.45, 2.75) is 57.2 Å². The van der Waals surface area contributed by atoms with Crippen molar-refractivity contribution in [3.63, 3.8) is 0 Å². The standard InChI is InChI=1S/C18H32O3Si2/c1-5-18(2,22-17-10-7-6-8-11-17)21-23(3,4)13-9-12-19-14-16-15-20-16/h6-8,10-11,16H,5,9,12-15,22H2,1-4H3/t16?,18-/m1/s1. The van der Waals surface area contributed by atoms with Crippen LogP contribution in [0, 0.1) is 0 Å². The van der Waals surface area contributed by atoms with E-state index in [1.807, 2.05) is 0 Å². The molecule has 0 spiro atoms. The summed E-state index contributed by atoms with van der Waals surface area (Å²) in [6.07, 6.45) is 2.57. The highest BCUT2D eigenvalue weighted by Gasteiger charge is 2.33. The summed E-state index contributed by atoms with van der Waals surface area (Å²) in [5.74, 6) is 0. The smallest absolute Gasteiger partial charge is 0.187 e. The minimum absolute atomic E-state index is 0.0692. The van der Waals surface area contributed by atoms with Crippen LogP contribution in [-0.2, 0) is 13.9 Å². The Kier molecular flexibility index (Phi) is 7.04. The zero-order chi connectivity index (χ0) is 16.8. The minimum Gasteiger partial charge on any atom is -0.415 e. The van der Waals surface area contributed by atoms with Crippen LogP contribution in [0.5, 0.6) is 0 Å². The third-order valence-electron chi connectivity index (χ3n) is 4.47. The molecule has 0 saturated carbocycles. The van der Waals surface area contributed by atoms with Gasteiger partial charge in [-0.15, -0.1) is 0 Å². The molecule has 1 saturated heterocycles. The average Bonchev–Trinajstić information content (AvgIpc) is 3.31. The van der Waals surface area contributed by atoms with E-state index in [1.54, 1.807) is 0 Å². The van der Waals surface area contributed by atoms with Crippen LogP contribution in [0.2, 0.25) is 19.1 Å². The van der Waals surface area contributed by atoms with Crippen LogP contribution in [0.4, 0.5) is 0 Å². The van der Waals surface area contributed by atoms with E-state index in [9.17, 15) is 0 Å².